The summed E-state index contributed by atoms with van der Waals surface area (Å²) in [6.07, 6.45) is 0. The molecule has 60 valence electrons. The van der Waals surface area contributed by atoms with Gasteiger partial charge in [-0.2, -0.15) is 0 Å². The molecular weight excluding hydrogens is 199 g/mol. The molecule has 0 aliphatic heterocycles. The number of carbonyl (C=O) groups excluding carboxylic acids is 1. The van der Waals surface area contributed by atoms with Gasteiger partial charge in [0.2, 0.25) is 0 Å². The van der Waals surface area contributed by atoms with Gasteiger partial charge in [-0.1, -0.05) is 0 Å². The molecular formula is C4H7KO5S. The molecule has 5 nitrogen and oxygen atoms in total. The van der Waals surface area contributed by atoms with Crippen molar-refractivity contribution in [2.45, 2.75) is 6.92 Å². The normalized spacial score (nSPS) is 10.0. The number of hydrogen-bond donors (Lipinski definition) is 0. The summed E-state index contributed by atoms with van der Waals surface area (Å²) in [6, 6.07) is 0. The molecule has 0 saturated carbocycles. The number of ether oxygens (including phenoxy) is 1. The minimum atomic E-state index is -4.25. The molecule has 0 saturated heterocycles. The predicted molar refractivity (Wildman–Crippen MR) is 31.2 cm³/mol. The van der Waals surface area contributed by atoms with Crippen molar-refractivity contribution in [1.82, 2.24) is 0 Å². The van der Waals surface area contributed by atoms with Crippen molar-refractivity contribution in [1.29, 1.82) is 0 Å². The van der Waals surface area contributed by atoms with Crippen LogP contribution in [0.4, 0.5) is 0 Å². The van der Waals surface area contributed by atoms with Crippen LogP contribution in [-0.2, 0) is 19.6 Å². The van der Waals surface area contributed by atoms with Gasteiger partial charge < -0.3 is 9.29 Å². The first-order valence-electron chi connectivity index (χ1n) is 2.49. The fourth-order valence-corrected chi connectivity index (χ4v) is 0.575. The fraction of sp³-hybridized carbons (Fsp3) is 0.750. The molecule has 0 aromatic carbocycles. The van der Waals surface area contributed by atoms with E-state index in [2.05, 4.69) is 4.74 Å². The van der Waals surface area contributed by atoms with Crippen molar-refractivity contribution >= 4 is 16.1 Å². The molecule has 0 radical (unpaired) electrons. The number of esters is 1. The standard InChI is InChI=1S/C4H8O5S.K/c1-4(5)9-2-3-10(6,7)8;/h2-3H2,1H3,(H,6,7,8);/q;+1/p-1. The Morgan fingerprint density at radius 2 is 2.00 bits per heavy atom. The van der Waals surface area contributed by atoms with Gasteiger partial charge in [-0.25, -0.2) is 8.42 Å². The molecule has 0 amide bonds. The molecule has 0 aromatic rings. The van der Waals surface area contributed by atoms with Crippen LogP contribution in [0.3, 0.4) is 0 Å². The minimum Gasteiger partial charge on any atom is -0.748 e. The van der Waals surface area contributed by atoms with Gasteiger partial charge in [-0.15, -0.1) is 0 Å². The van der Waals surface area contributed by atoms with Gasteiger partial charge in [0.15, 0.2) is 0 Å². The van der Waals surface area contributed by atoms with Gasteiger partial charge >= 0.3 is 57.4 Å². The van der Waals surface area contributed by atoms with Crippen LogP contribution in [0.2, 0.25) is 0 Å². The smallest absolute Gasteiger partial charge is 0.748 e. The monoisotopic (exact) mass is 206 g/mol. The maximum Gasteiger partial charge on any atom is 1.00 e. The van der Waals surface area contributed by atoms with E-state index in [1.165, 1.54) is 0 Å². The summed E-state index contributed by atoms with van der Waals surface area (Å²) in [5, 5.41) is 0. The van der Waals surface area contributed by atoms with E-state index in [1.54, 1.807) is 0 Å². The third-order valence-corrected chi connectivity index (χ3v) is 1.31. The quantitative estimate of drug-likeness (QED) is 0.268. The topological polar surface area (TPSA) is 83.5 Å². The van der Waals surface area contributed by atoms with Crippen molar-refractivity contribution in [3.05, 3.63) is 0 Å². The Morgan fingerprint density at radius 1 is 1.55 bits per heavy atom. The predicted octanol–water partition coefficient (Wildman–Crippen LogP) is -3.90. The van der Waals surface area contributed by atoms with Gasteiger partial charge in [-0.05, 0) is 0 Å². The van der Waals surface area contributed by atoms with Crippen LogP contribution in [0.1, 0.15) is 6.92 Å². The summed E-state index contributed by atoms with van der Waals surface area (Å²) >= 11 is 0. The van der Waals surface area contributed by atoms with E-state index in [1.807, 2.05) is 0 Å². The molecule has 0 heterocycles. The number of rotatable bonds is 3. The average Bonchev–Trinajstić information content (AvgIpc) is 1.59. The Balaban J connectivity index is 0. The van der Waals surface area contributed by atoms with Crippen molar-refractivity contribution in [3.63, 3.8) is 0 Å². The molecule has 11 heavy (non-hydrogen) atoms. The first-order chi connectivity index (χ1) is 4.42. The molecule has 0 bridgehead atoms. The van der Waals surface area contributed by atoms with E-state index in [0.717, 1.165) is 6.92 Å². The first kappa shape index (κ1) is 14.5. The second-order valence-corrected chi connectivity index (χ2v) is 3.13. The molecule has 0 N–H and O–H groups in total. The molecule has 0 atom stereocenters. The van der Waals surface area contributed by atoms with Crippen LogP contribution in [0.25, 0.3) is 0 Å². The van der Waals surface area contributed by atoms with Crippen LogP contribution in [-0.4, -0.2) is 31.3 Å². The first-order valence-corrected chi connectivity index (χ1v) is 4.06. The van der Waals surface area contributed by atoms with Gasteiger partial charge in [0.1, 0.15) is 6.61 Å². The molecule has 0 rings (SSSR count). The second kappa shape index (κ2) is 6.52. The van der Waals surface area contributed by atoms with E-state index in [9.17, 15) is 17.8 Å². The summed E-state index contributed by atoms with van der Waals surface area (Å²) in [5.41, 5.74) is 0. The Labute approximate surface area is 108 Å². The largest absolute Gasteiger partial charge is 1.00 e. The Hall–Kier alpha value is 1.02. The SMILES string of the molecule is CC(=O)OCCS(=O)(=O)[O-].[K+]. The Kier molecular flexibility index (Phi) is 8.62. The molecule has 7 heteroatoms. The molecule has 0 spiro atoms. The van der Waals surface area contributed by atoms with Crippen LogP contribution in [0.5, 0.6) is 0 Å². The molecule has 0 fully saturated rings. The van der Waals surface area contributed by atoms with Crippen molar-refractivity contribution in [3.8, 4) is 0 Å². The molecule has 0 unspecified atom stereocenters. The van der Waals surface area contributed by atoms with E-state index in [-0.39, 0.29) is 58.0 Å². The van der Waals surface area contributed by atoms with Gasteiger partial charge in [0.25, 0.3) is 0 Å². The van der Waals surface area contributed by atoms with E-state index < -0.39 is 21.8 Å². The third kappa shape index (κ3) is 13.9. The maximum atomic E-state index is 10.0. The van der Waals surface area contributed by atoms with Crippen molar-refractivity contribution in [2.24, 2.45) is 0 Å². The Bertz CT molecular complexity index is 209. The zero-order chi connectivity index (χ0) is 8.20. The van der Waals surface area contributed by atoms with Crippen LogP contribution < -0.4 is 51.4 Å². The van der Waals surface area contributed by atoms with Crippen molar-refractivity contribution < 1.29 is 73.9 Å². The summed E-state index contributed by atoms with van der Waals surface area (Å²) in [5.74, 6) is -1.25. The summed E-state index contributed by atoms with van der Waals surface area (Å²) in [6.45, 7) is 0.776. The van der Waals surface area contributed by atoms with E-state index in [0.29, 0.717) is 0 Å². The molecule has 0 aliphatic carbocycles. The van der Waals surface area contributed by atoms with E-state index in [4.69, 9.17) is 0 Å². The van der Waals surface area contributed by atoms with E-state index >= 15 is 0 Å². The molecule has 0 aromatic heterocycles. The maximum absolute atomic E-state index is 10.0. The van der Waals surface area contributed by atoms with Gasteiger partial charge in [-0.3, -0.25) is 4.79 Å². The zero-order valence-corrected chi connectivity index (χ0v) is 10.3. The zero-order valence-electron chi connectivity index (χ0n) is 6.36. The van der Waals surface area contributed by atoms with Gasteiger partial charge in [0.05, 0.1) is 15.9 Å². The van der Waals surface area contributed by atoms with Crippen LogP contribution in [0, 0.1) is 0 Å². The van der Waals surface area contributed by atoms with Crippen molar-refractivity contribution in [2.75, 3.05) is 12.4 Å². The third-order valence-electron chi connectivity index (χ3n) is 0.639. The number of hydrogen-bond acceptors (Lipinski definition) is 5. The second-order valence-electron chi connectivity index (χ2n) is 1.60. The minimum absolute atomic E-state index is 0. The summed E-state index contributed by atoms with van der Waals surface area (Å²) < 4.78 is 33.8. The Morgan fingerprint density at radius 3 is 2.27 bits per heavy atom. The van der Waals surface area contributed by atoms with Gasteiger partial charge in [0, 0.05) is 6.92 Å². The average molecular weight is 206 g/mol. The molecule has 0 aliphatic rings. The van der Waals surface area contributed by atoms with Crippen LogP contribution >= 0.6 is 0 Å². The summed E-state index contributed by atoms with van der Waals surface area (Å²) in [7, 11) is -4.25. The number of carbonyl (C=O) groups is 1. The summed E-state index contributed by atoms with van der Waals surface area (Å²) in [4.78, 5) is 10.0. The fourth-order valence-electron chi connectivity index (χ4n) is 0.287. The van der Waals surface area contributed by atoms with Crippen LogP contribution in [0.15, 0.2) is 0 Å².